The van der Waals surface area contributed by atoms with Crippen LogP contribution in [0, 0.1) is 12.8 Å². The highest BCUT2D eigenvalue weighted by molar-refractivity contribution is 9.10. The third kappa shape index (κ3) is 5.86. The van der Waals surface area contributed by atoms with E-state index in [0.717, 1.165) is 38.5 Å². The number of thioether (sulfide) groups is 1. The standard InChI is InChI=1S/C22H25BrN4O2S/c1-14(2)12-27-19-7-5-4-6-18(19)26-22(27)30-13-21(29)24-11-20(28)25-17-9-8-16(23)10-15(17)3/h4-10,14H,11-13H2,1-3H3,(H,24,29)(H,25,28). The first kappa shape index (κ1) is 22.4. The number of hydrogen-bond donors (Lipinski definition) is 2. The zero-order valence-corrected chi connectivity index (χ0v) is 19.6. The minimum Gasteiger partial charge on any atom is -0.346 e. The Bertz CT molecular complexity index is 1060. The Balaban J connectivity index is 1.55. The lowest BCUT2D eigenvalue weighted by molar-refractivity contribution is -0.122. The van der Waals surface area contributed by atoms with Crippen molar-refractivity contribution in [1.29, 1.82) is 0 Å². The normalized spacial score (nSPS) is 11.1. The molecule has 158 valence electrons. The van der Waals surface area contributed by atoms with E-state index in [1.807, 2.05) is 49.4 Å². The van der Waals surface area contributed by atoms with Gasteiger partial charge in [-0.1, -0.05) is 53.7 Å². The number of halogens is 1. The van der Waals surface area contributed by atoms with Gasteiger partial charge in [0.25, 0.3) is 0 Å². The number of imidazole rings is 1. The number of aromatic nitrogens is 2. The fourth-order valence-corrected chi connectivity index (χ4v) is 4.36. The van der Waals surface area contributed by atoms with Crippen molar-refractivity contribution in [3.63, 3.8) is 0 Å². The maximum Gasteiger partial charge on any atom is 0.243 e. The molecule has 2 aromatic carbocycles. The van der Waals surface area contributed by atoms with Gasteiger partial charge in [-0.3, -0.25) is 9.59 Å². The molecule has 0 aliphatic rings. The highest BCUT2D eigenvalue weighted by Gasteiger charge is 2.14. The topological polar surface area (TPSA) is 76.0 Å². The van der Waals surface area contributed by atoms with Gasteiger partial charge in [0.15, 0.2) is 5.16 Å². The largest absolute Gasteiger partial charge is 0.346 e. The van der Waals surface area contributed by atoms with Gasteiger partial charge in [-0.25, -0.2) is 4.98 Å². The van der Waals surface area contributed by atoms with Crippen LogP contribution < -0.4 is 10.6 Å². The van der Waals surface area contributed by atoms with Gasteiger partial charge in [-0.15, -0.1) is 0 Å². The lowest BCUT2D eigenvalue weighted by Crippen LogP contribution is -2.34. The molecule has 8 heteroatoms. The van der Waals surface area contributed by atoms with Crippen molar-refractivity contribution in [2.24, 2.45) is 5.92 Å². The predicted molar refractivity (Wildman–Crippen MR) is 126 cm³/mol. The number of aryl methyl sites for hydroxylation is 1. The molecule has 3 aromatic rings. The Morgan fingerprint density at radius 1 is 1.17 bits per heavy atom. The summed E-state index contributed by atoms with van der Waals surface area (Å²) in [7, 11) is 0. The number of hydrogen-bond acceptors (Lipinski definition) is 4. The van der Waals surface area contributed by atoms with E-state index in [9.17, 15) is 9.59 Å². The summed E-state index contributed by atoms with van der Waals surface area (Å²) in [6.45, 7) is 6.99. The van der Waals surface area contributed by atoms with Crippen LogP contribution in [0.15, 0.2) is 52.1 Å². The van der Waals surface area contributed by atoms with Gasteiger partial charge >= 0.3 is 0 Å². The maximum absolute atomic E-state index is 12.3. The van der Waals surface area contributed by atoms with Crippen molar-refractivity contribution in [3.05, 3.63) is 52.5 Å². The molecule has 6 nitrogen and oxygen atoms in total. The zero-order chi connectivity index (χ0) is 21.7. The van der Waals surface area contributed by atoms with Crippen LogP contribution in [0.4, 0.5) is 5.69 Å². The summed E-state index contributed by atoms with van der Waals surface area (Å²) in [5.41, 5.74) is 3.67. The Morgan fingerprint density at radius 3 is 2.67 bits per heavy atom. The van der Waals surface area contributed by atoms with Gasteiger partial charge in [-0.05, 0) is 48.7 Å². The Labute approximate surface area is 189 Å². The molecule has 0 bridgehead atoms. The summed E-state index contributed by atoms with van der Waals surface area (Å²) in [5.74, 6) is 0.199. The summed E-state index contributed by atoms with van der Waals surface area (Å²) in [4.78, 5) is 29.1. The second-order valence-electron chi connectivity index (χ2n) is 7.46. The van der Waals surface area contributed by atoms with Crippen molar-refractivity contribution in [2.45, 2.75) is 32.5 Å². The first-order chi connectivity index (χ1) is 14.3. The third-order valence-corrected chi connectivity index (χ3v) is 5.88. The number of benzene rings is 2. The van der Waals surface area contributed by atoms with Gasteiger partial charge in [-0.2, -0.15) is 0 Å². The molecule has 0 atom stereocenters. The molecule has 0 aliphatic carbocycles. The Kier molecular flexibility index (Phi) is 7.55. The molecule has 0 saturated carbocycles. The van der Waals surface area contributed by atoms with Crippen molar-refractivity contribution in [3.8, 4) is 0 Å². The summed E-state index contributed by atoms with van der Waals surface area (Å²) < 4.78 is 3.10. The molecule has 30 heavy (non-hydrogen) atoms. The SMILES string of the molecule is Cc1cc(Br)ccc1NC(=O)CNC(=O)CSc1nc2ccccc2n1CC(C)C. The van der Waals surface area contributed by atoms with E-state index in [4.69, 9.17) is 0 Å². The van der Waals surface area contributed by atoms with E-state index in [0.29, 0.717) is 5.92 Å². The Hall–Kier alpha value is -2.32. The van der Waals surface area contributed by atoms with E-state index < -0.39 is 0 Å². The predicted octanol–water partition coefficient (Wildman–Crippen LogP) is 4.61. The van der Waals surface area contributed by atoms with E-state index in [-0.39, 0.29) is 24.1 Å². The van der Waals surface area contributed by atoms with Crippen LogP contribution in [-0.2, 0) is 16.1 Å². The van der Waals surface area contributed by atoms with Gasteiger partial charge in [0.2, 0.25) is 11.8 Å². The van der Waals surface area contributed by atoms with Crippen molar-refractivity contribution in [2.75, 3.05) is 17.6 Å². The number of anilines is 1. The molecule has 2 amide bonds. The van der Waals surface area contributed by atoms with Crippen LogP contribution >= 0.6 is 27.7 Å². The molecule has 0 saturated heterocycles. The second kappa shape index (κ2) is 10.1. The van der Waals surface area contributed by atoms with Gasteiger partial charge < -0.3 is 15.2 Å². The van der Waals surface area contributed by atoms with Crippen molar-refractivity contribution >= 4 is 56.2 Å². The van der Waals surface area contributed by atoms with Crippen molar-refractivity contribution in [1.82, 2.24) is 14.9 Å². The van der Waals surface area contributed by atoms with E-state index >= 15 is 0 Å². The van der Waals surface area contributed by atoms with Gasteiger partial charge in [0, 0.05) is 16.7 Å². The molecule has 3 rings (SSSR count). The lowest BCUT2D eigenvalue weighted by Gasteiger charge is -2.12. The van der Waals surface area contributed by atoms with Gasteiger partial charge in [0.1, 0.15) is 0 Å². The molecule has 0 aliphatic heterocycles. The lowest BCUT2D eigenvalue weighted by atomic mass is 10.2. The zero-order valence-electron chi connectivity index (χ0n) is 17.2. The van der Waals surface area contributed by atoms with Crippen LogP contribution in [0.1, 0.15) is 19.4 Å². The molecule has 0 radical (unpaired) electrons. The van der Waals surface area contributed by atoms with E-state index in [1.165, 1.54) is 11.8 Å². The van der Waals surface area contributed by atoms with Crippen LogP contribution in [0.25, 0.3) is 11.0 Å². The van der Waals surface area contributed by atoms with E-state index in [2.05, 4.69) is 50.0 Å². The highest BCUT2D eigenvalue weighted by Crippen LogP contribution is 2.25. The molecular weight excluding hydrogens is 464 g/mol. The summed E-state index contributed by atoms with van der Waals surface area (Å²) in [5, 5.41) is 6.31. The molecule has 0 spiro atoms. The fourth-order valence-electron chi connectivity index (χ4n) is 3.03. The van der Waals surface area contributed by atoms with Crippen LogP contribution in [-0.4, -0.2) is 33.7 Å². The van der Waals surface area contributed by atoms with Crippen molar-refractivity contribution < 1.29 is 9.59 Å². The first-order valence-electron chi connectivity index (χ1n) is 9.74. The minimum atomic E-state index is -0.259. The molecule has 0 unspecified atom stereocenters. The van der Waals surface area contributed by atoms with Gasteiger partial charge in [0.05, 0.1) is 23.3 Å². The molecule has 2 N–H and O–H groups in total. The summed E-state index contributed by atoms with van der Waals surface area (Å²) in [6.07, 6.45) is 0. The molecule has 0 fully saturated rings. The number of rotatable bonds is 8. The van der Waals surface area contributed by atoms with Crippen LogP contribution in [0.3, 0.4) is 0 Å². The summed E-state index contributed by atoms with van der Waals surface area (Å²) in [6, 6.07) is 13.6. The highest BCUT2D eigenvalue weighted by atomic mass is 79.9. The van der Waals surface area contributed by atoms with Crippen LogP contribution in [0.2, 0.25) is 0 Å². The first-order valence-corrected chi connectivity index (χ1v) is 11.5. The summed E-state index contributed by atoms with van der Waals surface area (Å²) >= 11 is 4.78. The smallest absolute Gasteiger partial charge is 0.243 e. The monoisotopic (exact) mass is 488 g/mol. The second-order valence-corrected chi connectivity index (χ2v) is 9.32. The number of carbonyl (C=O) groups excluding carboxylic acids is 2. The van der Waals surface area contributed by atoms with Crippen LogP contribution in [0.5, 0.6) is 0 Å². The fraction of sp³-hybridized carbons (Fsp3) is 0.318. The molecule has 1 heterocycles. The number of carbonyl (C=O) groups is 2. The number of amides is 2. The van der Waals surface area contributed by atoms with E-state index in [1.54, 1.807) is 0 Å². The Morgan fingerprint density at radius 2 is 1.93 bits per heavy atom. The quantitative estimate of drug-likeness (QED) is 0.453. The molecule has 1 aromatic heterocycles. The third-order valence-electron chi connectivity index (χ3n) is 4.41. The maximum atomic E-state index is 12.3. The average molecular weight is 489 g/mol. The average Bonchev–Trinajstić information content (AvgIpc) is 3.04. The number of nitrogens with one attached hydrogen (secondary N) is 2. The number of fused-ring (bicyclic) bond motifs is 1. The number of nitrogens with zero attached hydrogens (tertiary/aromatic N) is 2. The molecular formula is C22H25BrN4O2S. The number of para-hydroxylation sites is 2. The minimum absolute atomic E-state index is 0.0721.